The Morgan fingerprint density at radius 2 is 1.20 bits per heavy atom. The number of rotatable bonds is 12. The lowest BCUT2D eigenvalue weighted by molar-refractivity contribution is -0.159. The van der Waals surface area contributed by atoms with Crippen LogP contribution in [0.1, 0.15) is 88.7 Å². The van der Waals surface area contributed by atoms with Gasteiger partial charge in [-0.25, -0.2) is 9.59 Å². The van der Waals surface area contributed by atoms with Gasteiger partial charge < -0.3 is 25.0 Å². The third kappa shape index (κ3) is 10.7. The van der Waals surface area contributed by atoms with Gasteiger partial charge in [-0.15, -0.1) is 0 Å². The molecule has 4 rings (SSSR count). The predicted octanol–water partition coefficient (Wildman–Crippen LogP) is 6.79. The molecular formula is C41H53N3O6. The van der Waals surface area contributed by atoms with E-state index >= 15 is 4.79 Å². The summed E-state index contributed by atoms with van der Waals surface area (Å²) >= 11 is 0. The van der Waals surface area contributed by atoms with Gasteiger partial charge in [-0.05, 0) is 95.5 Å². The molecule has 5 atom stereocenters. The number of nitrogens with one attached hydrogen (secondary N) is 2. The first-order valence-electron chi connectivity index (χ1n) is 17.4. The maximum absolute atomic E-state index is 15.0. The topological polar surface area (TPSA) is 114 Å². The van der Waals surface area contributed by atoms with E-state index in [1.807, 2.05) is 99.6 Å². The Hall–Kier alpha value is -4.66. The summed E-state index contributed by atoms with van der Waals surface area (Å²) in [6.07, 6.45) is 0.346. The molecule has 1 fully saturated rings. The van der Waals surface area contributed by atoms with Crippen molar-refractivity contribution in [1.82, 2.24) is 15.5 Å². The highest BCUT2D eigenvalue weighted by Gasteiger charge is 2.49. The number of carbonyl (C=O) groups is 4. The maximum Gasteiger partial charge on any atom is 0.408 e. The zero-order valence-corrected chi connectivity index (χ0v) is 30.9. The molecule has 2 N–H and O–H groups in total. The molecule has 0 spiro atoms. The average Bonchev–Trinajstić information content (AvgIpc) is 3.74. The maximum atomic E-state index is 15.0. The van der Waals surface area contributed by atoms with Crippen molar-refractivity contribution in [3.05, 3.63) is 107 Å². The number of nitrogens with zero attached hydrogens (tertiary/aromatic N) is 1. The smallest absolute Gasteiger partial charge is 0.408 e. The Balaban J connectivity index is 1.80. The molecule has 0 saturated heterocycles. The molecule has 0 radical (unpaired) electrons. The Morgan fingerprint density at radius 1 is 0.720 bits per heavy atom. The van der Waals surface area contributed by atoms with E-state index in [4.69, 9.17) is 9.47 Å². The van der Waals surface area contributed by atoms with E-state index in [0.717, 1.165) is 22.3 Å². The van der Waals surface area contributed by atoms with Gasteiger partial charge >= 0.3 is 12.1 Å². The SMILES string of the molecule is Cc1cccc(C)c1C(C(=O)NC(Cc1ccccc1)C(=O)OC(C)(C)C)N(C(=O)C(Cc1ccccc1)NC(=O)OC(C)(C)C)C1CC1C. The van der Waals surface area contributed by atoms with Crippen molar-refractivity contribution in [2.24, 2.45) is 5.92 Å². The molecule has 3 aromatic rings. The molecular weight excluding hydrogens is 630 g/mol. The van der Waals surface area contributed by atoms with E-state index in [-0.39, 0.29) is 24.8 Å². The quantitative estimate of drug-likeness (QED) is 0.203. The minimum atomic E-state index is -1.10. The van der Waals surface area contributed by atoms with Crippen LogP contribution in [0.15, 0.2) is 78.9 Å². The number of esters is 1. The second-order valence-corrected chi connectivity index (χ2v) is 15.4. The van der Waals surface area contributed by atoms with Gasteiger partial charge in [0.1, 0.15) is 29.3 Å². The van der Waals surface area contributed by atoms with Crippen LogP contribution >= 0.6 is 0 Å². The van der Waals surface area contributed by atoms with Crippen LogP contribution in [-0.4, -0.2) is 58.1 Å². The molecule has 0 heterocycles. The summed E-state index contributed by atoms with van der Waals surface area (Å²) in [5, 5.41) is 5.85. The van der Waals surface area contributed by atoms with E-state index < -0.39 is 53.2 Å². The second-order valence-electron chi connectivity index (χ2n) is 15.4. The summed E-state index contributed by atoms with van der Waals surface area (Å²) < 4.78 is 11.4. The molecule has 50 heavy (non-hydrogen) atoms. The molecule has 3 amide bonds. The van der Waals surface area contributed by atoms with Gasteiger partial charge in [0.25, 0.3) is 0 Å². The molecule has 0 aromatic heterocycles. The Labute approximate surface area is 297 Å². The van der Waals surface area contributed by atoms with Gasteiger partial charge in [0.2, 0.25) is 11.8 Å². The number of hydrogen-bond acceptors (Lipinski definition) is 6. The molecule has 9 heteroatoms. The lowest BCUT2D eigenvalue weighted by atomic mass is 9.92. The lowest BCUT2D eigenvalue weighted by Gasteiger charge is -2.37. The fraction of sp³-hybridized carbons (Fsp3) is 0.463. The highest BCUT2D eigenvalue weighted by molar-refractivity contribution is 5.95. The van der Waals surface area contributed by atoms with Crippen molar-refractivity contribution in [3.8, 4) is 0 Å². The van der Waals surface area contributed by atoms with Crippen LogP contribution in [0, 0.1) is 19.8 Å². The van der Waals surface area contributed by atoms with Crippen LogP contribution in [0.3, 0.4) is 0 Å². The number of hydrogen-bond donors (Lipinski definition) is 2. The zero-order chi connectivity index (χ0) is 36.8. The lowest BCUT2D eigenvalue weighted by Crippen LogP contribution is -2.56. The van der Waals surface area contributed by atoms with Gasteiger partial charge in [0.15, 0.2) is 0 Å². The van der Waals surface area contributed by atoms with E-state index in [2.05, 4.69) is 10.6 Å². The van der Waals surface area contributed by atoms with Crippen LogP contribution in [-0.2, 0) is 36.7 Å². The number of alkyl carbamates (subject to hydrolysis) is 1. The van der Waals surface area contributed by atoms with Gasteiger partial charge in [-0.3, -0.25) is 9.59 Å². The first-order chi connectivity index (χ1) is 23.4. The number of aryl methyl sites for hydroxylation is 2. The van der Waals surface area contributed by atoms with Crippen LogP contribution in [0.5, 0.6) is 0 Å². The van der Waals surface area contributed by atoms with Gasteiger partial charge in [-0.1, -0.05) is 85.8 Å². The third-order valence-electron chi connectivity index (χ3n) is 8.58. The van der Waals surface area contributed by atoms with E-state index in [1.54, 1.807) is 46.4 Å². The molecule has 1 saturated carbocycles. The molecule has 9 nitrogen and oxygen atoms in total. The molecule has 0 bridgehead atoms. The normalized spacial score (nSPS) is 17.5. The van der Waals surface area contributed by atoms with E-state index in [1.165, 1.54) is 0 Å². The second kappa shape index (κ2) is 15.9. The first kappa shape index (κ1) is 38.1. The Morgan fingerprint density at radius 3 is 1.66 bits per heavy atom. The average molecular weight is 684 g/mol. The van der Waals surface area contributed by atoms with Crippen molar-refractivity contribution in [1.29, 1.82) is 0 Å². The summed E-state index contributed by atoms with van der Waals surface area (Å²) in [6.45, 7) is 16.5. The summed E-state index contributed by atoms with van der Waals surface area (Å²) in [5.74, 6) is -1.37. The summed E-state index contributed by atoms with van der Waals surface area (Å²) in [5.41, 5.74) is 2.45. The summed E-state index contributed by atoms with van der Waals surface area (Å²) in [6, 6.07) is 21.2. The van der Waals surface area contributed by atoms with Crippen LogP contribution in [0.2, 0.25) is 0 Å². The van der Waals surface area contributed by atoms with E-state index in [9.17, 15) is 14.4 Å². The third-order valence-corrected chi connectivity index (χ3v) is 8.58. The van der Waals surface area contributed by atoms with Crippen LogP contribution < -0.4 is 10.6 Å². The molecule has 1 aliphatic carbocycles. The number of amides is 3. The zero-order valence-electron chi connectivity index (χ0n) is 30.9. The van der Waals surface area contributed by atoms with Gasteiger partial charge in [0, 0.05) is 18.9 Å². The number of carbonyl (C=O) groups excluding carboxylic acids is 4. The highest BCUT2D eigenvalue weighted by Crippen LogP contribution is 2.42. The standard InChI is InChI=1S/C41H53N3O6/c1-26-17-16-18-27(2)34(26)35(36(45)42-32(38(47)49-40(4,5)6)25-30-21-14-11-15-22-30)44(33-23-28(33)3)37(46)31(24-29-19-12-10-13-20-29)43-39(48)50-41(7,8)9/h10-22,28,31-33,35H,23-25H2,1-9H3,(H,42,45)(H,43,48). The minimum absolute atomic E-state index is 0.114. The molecule has 0 aliphatic heterocycles. The molecule has 5 unspecified atom stereocenters. The van der Waals surface area contributed by atoms with Gasteiger partial charge in [-0.2, -0.15) is 0 Å². The summed E-state index contributed by atoms with van der Waals surface area (Å²) in [7, 11) is 0. The molecule has 3 aromatic carbocycles. The van der Waals surface area contributed by atoms with Crippen molar-refractivity contribution in [2.75, 3.05) is 0 Å². The monoisotopic (exact) mass is 683 g/mol. The molecule has 268 valence electrons. The van der Waals surface area contributed by atoms with E-state index in [0.29, 0.717) is 12.0 Å². The largest absolute Gasteiger partial charge is 0.458 e. The van der Waals surface area contributed by atoms with Crippen LogP contribution in [0.4, 0.5) is 4.79 Å². The van der Waals surface area contributed by atoms with Gasteiger partial charge in [0.05, 0.1) is 0 Å². The Kier molecular flexibility index (Phi) is 12.1. The number of benzene rings is 3. The van der Waals surface area contributed by atoms with Crippen molar-refractivity contribution in [3.63, 3.8) is 0 Å². The highest BCUT2D eigenvalue weighted by atomic mass is 16.6. The number of ether oxygens (including phenoxy) is 2. The van der Waals surface area contributed by atoms with Crippen molar-refractivity contribution < 1.29 is 28.7 Å². The summed E-state index contributed by atoms with van der Waals surface area (Å²) in [4.78, 5) is 58.4. The fourth-order valence-corrected chi connectivity index (χ4v) is 6.17. The predicted molar refractivity (Wildman–Crippen MR) is 194 cm³/mol. The first-order valence-corrected chi connectivity index (χ1v) is 17.4. The van der Waals surface area contributed by atoms with Crippen molar-refractivity contribution in [2.45, 2.75) is 117 Å². The molecule has 1 aliphatic rings. The minimum Gasteiger partial charge on any atom is -0.458 e. The Bertz CT molecular complexity index is 1620. The van der Waals surface area contributed by atoms with Crippen LogP contribution in [0.25, 0.3) is 0 Å². The fourth-order valence-electron chi connectivity index (χ4n) is 6.17. The van der Waals surface area contributed by atoms with Crippen molar-refractivity contribution >= 4 is 23.9 Å².